The Kier molecular flexibility index (Phi) is 3.19. The molecule has 1 atom stereocenters. The van der Waals surface area contributed by atoms with Crippen LogP contribution in [0.15, 0.2) is 22.7 Å². The van der Waals surface area contributed by atoms with E-state index < -0.39 is 12.0 Å². The van der Waals surface area contributed by atoms with E-state index in [4.69, 9.17) is 5.11 Å². The van der Waals surface area contributed by atoms with E-state index in [0.717, 1.165) is 28.6 Å². The zero-order valence-electron chi connectivity index (χ0n) is 9.03. The molecule has 1 aliphatic rings. The number of aryl methyl sites for hydroxylation is 1. The van der Waals surface area contributed by atoms with Crippen LogP contribution in [-0.4, -0.2) is 17.1 Å². The Morgan fingerprint density at radius 2 is 2.25 bits per heavy atom. The van der Waals surface area contributed by atoms with Crippen molar-refractivity contribution in [3.8, 4) is 0 Å². The lowest BCUT2D eigenvalue weighted by molar-refractivity contribution is -0.138. The molecule has 3 nitrogen and oxygen atoms in total. The smallest absolute Gasteiger partial charge is 0.326 e. The van der Waals surface area contributed by atoms with Crippen molar-refractivity contribution in [1.29, 1.82) is 0 Å². The van der Waals surface area contributed by atoms with Gasteiger partial charge >= 0.3 is 5.97 Å². The van der Waals surface area contributed by atoms with E-state index >= 15 is 0 Å². The van der Waals surface area contributed by atoms with Crippen molar-refractivity contribution in [2.24, 2.45) is 5.92 Å². The van der Waals surface area contributed by atoms with E-state index in [9.17, 15) is 4.79 Å². The quantitative estimate of drug-likeness (QED) is 0.893. The molecule has 0 aliphatic heterocycles. The van der Waals surface area contributed by atoms with E-state index in [1.807, 2.05) is 25.1 Å². The van der Waals surface area contributed by atoms with E-state index in [1.165, 1.54) is 0 Å². The lowest BCUT2D eigenvalue weighted by atomic mass is 10.1. The molecule has 2 N–H and O–H groups in total. The normalized spacial score (nSPS) is 16.9. The standard InChI is InChI=1S/C12H14BrNO2/c1-7-3-2-4-9(10(7)13)14-11(12(15)16)8-5-6-8/h2-4,8,11,14H,5-6H2,1H3,(H,15,16). The predicted molar refractivity (Wildman–Crippen MR) is 66.6 cm³/mol. The molecule has 0 bridgehead atoms. The third-order valence-corrected chi connectivity index (χ3v) is 3.91. The van der Waals surface area contributed by atoms with Crippen molar-refractivity contribution in [3.05, 3.63) is 28.2 Å². The molecule has 0 aromatic heterocycles. The fourth-order valence-corrected chi connectivity index (χ4v) is 2.12. The van der Waals surface area contributed by atoms with Crippen molar-refractivity contribution in [1.82, 2.24) is 0 Å². The van der Waals surface area contributed by atoms with Crippen LogP contribution >= 0.6 is 15.9 Å². The first-order chi connectivity index (χ1) is 7.59. The number of hydrogen-bond acceptors (Lipinski definition) is 2. The Hall–Kier alpha value is -1.03. The molecule has 1 aliphatic carbocycles. The van der Waals surface area contributed by atoms with E-state index in [-0.39, 0.29) is 5.92 Å². The Bertz CT molecular complexity index is 415. The summed E-state index contributed by atoms with van der Waals surface area (Å²) >= 11 is 3.47. The van der Waals surface area contributed by atoms with Gasteiger partial charge in [0.25, 0.3) is 0 Å². The second-order valence-corrected chi connectivity index (χ2v) is 5.03. The second kappa shape index (κ2) is 4.45. The summed E-state index contributed by atoms with van der Waals surface area (Å²) in [5, 5.41) is 12.2. The highest BCUT2D eigenvalue weighted by Crippen LogP contribution is 2.36. The minimum atomic E-state index is -0.768. The van der Waals surface area contributed by atoms with Crippen LogP contribution < -0.4 is 5.32 Å². The molecular formula is C12H14BrNO2. The van der Waals surface area contributed by atoms with E-state index in [1.54, 1.807) is 0 Å². The fourth-order valence-electron chi connectivity index (χ4n) is 1.74. The molecule has 1 aromatic carbocycles. The van der Waals surface area contributed by atoms with Crippen LogP contribution in [-0.2, 0) is 4.79 Å². The van der Waals surface area contributed by atoms with Gasteiger partial charge in [-0.1, -0.05) is 12.1 Å². The lowest BCUT2D eigenvalue weighted by Gasteiger charge is -2.16. The summed E-state index contributed by atoms with van der Waals surface area (Å²) in [6.45, 7) is 1.99. The molecule has 1 fully saturated rings. The van der Waals surface area contributed by atoms with Crippen LogP contribution in [0.3, 0.4) is 0 Å². The second-order valence-electron chi connectivity index (χ2n) is 4.23. The van der Waals surface area contributed by atoms with Gasteiger partial charge in [0.1, 0.15) is 6.04 Å². The van der Waals surface area contributed by atoms with Gasteiger partial charge in [0.05, 0.1) is 0 Å². The predicted octanol–water partition coefficient (Wildman–Crippen LogP) is 3.03. The van der Waals surface area contributed by atoms with Crippen molar-refractivity contribution in [2.45, 2.75) is 25.8 Å². The molecule has 0 amide bonds. The summed E-state index contributed by atoms with van der Waals surface area (Å²) in [6, 6.07) is 5.35. The number of carboxylic acid groups (broad SMARTS) is 1. The number of carbonyl (C=O) groups is 1. The summed E-state index contributed by atoms with van der Waals surface area (Å²) in [5.41, 5.74) is 1.96. The van der Waals surface area contributed by atoms with Gasteiger partial charge in [0.2, 0.25) is 0 Å². The molecular weight excluding hydrogens is 270 g/mol. The van der Waals surface area contributed by atoms with Gasteiger partial charge in [0, 0.05) is 10.2 Å². The molecule has 0 saturated heterocycles. The first-order valence-electron chi connectivity index (χ1n) is 5.34. The Morgan fingerprint density at radius 1 is 1.56 bits per heavy atom. The maximum Gasteiger partial charge on any atom is 0.326 e. The minimum absolute atomic E-state index is 0.282. The van der Waals surface area contributed by atoms with Gasteiger partial charge in [-0.3, -0.25) is 0 Å². The molecule has 2 rings (SSSR count). The number of nitrogens with one attached hydrogen (secondary N) is 1. The highest BCUT2D eigenvalue weighted by Gasteiger charge is 2.36. The molecule has 1 aromatic rings. The number of carboxylic acids is 1. The monoisotopic (exact) mass is 283 g/mol. The SMILES string of the molecule is Cc1cccc(NC(C(=O)O)C2CC2)c1Br. The summed E-state index contributed by atoms with van der Waals surface area (Å²) in [6.07, 6.45) is 2.01. The average Bonchev–Trinajstić information content (AvgIpc) is 3.03. The number of rotatable bonds is 4. The van der Waals surface area contributed by atoms with E-state index in [0.29, 0.717) is 0 Å². The molecule has 0 spiro atoms. The molecule has 0 heterocycles. The van der Waals surface area contributed by atoms with Crippen molar-refractivity contribution in [2.75, 3.05) is 5.32 Å². The van der Waals surface area contributed by atoms with Crippen molar-refractivity contribution >= 4 is 27.6 Å². The maximum absolute atomic E-state index is 11.1. The molecule has 0 radical (unpaired) electrons. The molecule has 1 saturated carbocycles. The lowest BCUT2D eigenvalue weighted by Crippen LogP contribution is -2.31. The first-order valence-corrected chi connectivity index (χ1v) is 6.13. The van der Waals surface area contributed by atoms with Crippen LogP contribution in [0.5, 0.6) is 0 Å². The summed E-state index contributed by atoms with van der Waals surface area (Å²) < 4.78 is 0.946. The average molecular weight is 284 g/mol. The zero-order chi connectivity index (χ0) is 11.7. The highest BCUT2D eigenvalue weighted by molar-refractivity contribution is 9.10. The number of halogens is 1. The Balaban J connectivity index is 2.18. The Labute approximate surface area is 103 Å². The molecule has 4 heteroatoms. The molecule has 86 valence electrons. The third kappa shape index (κ3) is 2.38. The third-order valence-electron chi connectivity index (χ3n) is 2.86. The summed E-state index contributed by atoms with van der Waals surface area (Å²) in [4.78, 5) is 11.1. The summed E-state index contributed by atoms with van der Waals surface area (Å²) in [7, 11) is 0. The van der Waals surface area contributed by atoms with Crippen LogP contribution in [0.4, 0.5) is 5.69 Å². The van der Waals surface area contributed by atoms with Crippen molar-refractivity contribution < 1.29 is 9.90 Å². The molecule has 1 unspecified atom stereocenters. The number of anilines is 1. The largest absolute Gasteiger partial charge is 0.480 e. The van der Waals surface area contributed by atoms with Crippen LogP contribution in [0.2, 0.25) is 0 Å². The van der Waals surface area contributed by atoms with Gasteiger partial charge in [-0.2, -0.15) is 0 Å². The first kappa shape index (κ1) is 11.5. The fraction of sp³-hybridized carbons (Fsp3) is 0.417. The van der Waals surface area contributed by atoms with Gasteiger partial charge in [-0.25, -0.2) is 4.79 Å². The van der Waals surface area contributed by atoms with Crippen molar-refractivity contribution in [3.63, 3.8) is 0 Å². The number of benzene rings is 1. The number of hydrogen-bond donors (Lipinski definition) is 2. The van der Waals surface area contributed by atoms with Crippen LogP contribution in [0.25, 0.3) is 0 Å². The van der Waals surface area contributed by atoms with Gasteiger partial charge in [-0.05, 0) is 53.2 Å². The minimum Gasteiger partial charge on any atom is -0.480 e. The zero-order valence-corrected chi connectivity index (χ0v) is 10.6. The Morgan fingerprint density at radius 3 is 2.81 bits per heavy atom. The maximum atomic E-state index is 11.1. The van der Waals surface area contributed by atoms with Crippen LogP contribution in [0, 0.1) is 12.8 Å². The molecule has 16 heavy (non-hydrogen) atoms. The van der Waals surface area contributed by atoms with E-state index in [2.05, 4.69) is 21.2 Å². The van der Waals surface area contributed by atoms with Crippen LogP contribution in [0.1, 0.15) is 18.4 Å². The van der Waals surface area contributed by atoms with Gasteiger partial charge in [0.15, 0.2) is 0 Å². The van der Waals surface area contributed by atoms with Gasteiger partial charge < -0.3 is 10.4 Å². The topological polar surface area (TPSA) is 49.3 Å². The highest BCUT2D eigenvalue weighted by atomic mass is 79.9. The van der Waals surface area contributed by atoms with Gasteiger partial charge in [-0.15, -0.1) is 0 Å². The number of aliphatic carboxylic acids is 1. The summed E-state index contributed by atoms with van der Waals surface area (Å²) in [5.74, 6) is -0.485.